The molecule has 25 heavy (non-hydrogen) atoms. The fourth-order valence-corrected chi connectivity index (χ4v) is 3.66. The van der Waals surface area contributed by atoms with Crippen LogP contribution in [0.1, 0.15) is 21.5 Å². The molecule has 7 nitrogen and oxygen atoms in total. The van der Waals surface area contributed by atoms with Crippen LogP contribution in [0, 0.1) is 5.41 Å². The summed E-state index contributed by atoms with van der Waals surface area (Å²) in [6.45, 7) is 0. The lowest BCUT2D eigenvalue weighted by Crippen LogP contribution is -2.36. The van der Waals surface area contributed by atoms with E-state index in [4.69, 9.17) is 11.1 Å². The van der Waals surface area contributed by atoms with Crippen molar-refractivity contribution < 1.29 is 13.2 Å². The summed E-state index contributed by atoms with van der Waals surface area (Å²) in [5, 5.41) is 9.19. The Morgan fingerprint density at radius 2 is 1.80 bits per heavy atom. The number of benzene rings is 2. The summed E-state index contributed by atoms with van der Waals surface area (Å²) in [4.78, 5) is 11.9. The predicted octanol–water partition coefficient (Wildman–Crippen LogP) is 1.52. The number of amides is 1. The van der Waals surface area contributed by atoms with Crippen LogP contribution in [0.4, 0.5) is 0 Å². The first-order valence-electron chi connectivity index (χ1n) is 6.96. The highest BCUT2D eigenvalue weighted by Crippen LogP contribution is 2.28. The summed E-state index contributed by atoms with van der Waals surface area (Å²) in [5.74, 6) is -1.15. The van der Waals surface area contributed by atoms with E-state index in [2.05, 4.69) is 10.0 Å². The molecule has 130 valence electrons. The van der Waals surface area contributed by atoms with Gasteiger partial charge in [-0.15, -0.1) is 12.4 Å². The molecule has 0 bridgehead atoms. The number of fused-ring (bicyclic) bond motifs is 1. The molecule has 0 unspecified atom stereocenters. The van der Waals surface area contributed by atoms with Gasteiger partial charge >= 0.3 is 0 Å². The van der Waals surface area contributed by atoms with Crippen molar-refractivity contribution in [1.82, 2.24) is 10.0 Å². The zero-order chi connectivity index (χ0) is 17.3. The molecular weight excluding hydrogens is 364 g/mol. The molecule has 0 aromatic heterocycles. The minimum atomic E-state index is -3.81. The van der Waals surface area contributed by atoms with E-state index in [1.54, 1.807) is 24.3 Å². The molecule has 0 fully saturated rings. The quantitative estimate of drug-likeness (QED) is 0.467. The Kier molecular flexibility index (Phi) is 5.15. The number of carbonyl (C=O) groups is 1. The van der Waals surface area contributed by atoms with Crippen molar-refractivity contribution in [3.63, 3.8) is 0 Å². The molecule has 1 aliphatic heterocycles. The monoisotopic (exact) mass is 378 g/mol. The third-order valence-corrected chi connectivity index (χ3v) is 4.86. The largest absolute Gasteiger partial charge is 0.370 e. The van der Waals surface area contributed by atoms with Crippen molar-refractivity contribution in [3.05, 3.63) is 65.2 Å². The Morgan fingerprint density at radius 3 is 2.44 bits per heavy atom. The number of guanidine groups is 1. The van der Waals surface area contributed by atoms with E-state index in [0.29, 0.717) is 11.3 Å². The van der Waals surface area contributed by atoms with E-state index in [9.17, 15) is 13.2 Å². The molecule has 1 heterocycles. The van der Waals surface area contributed by atoms with Crippen molar-refractivity contribution in [3.8, 4) is 0 Å². The third-order valence-electron chi connectivity index (χ3n) is 3.44. The maximum atomic E-state index is 12.5. The Balaban J connectivity index is 0.00000225. The third kappa shape index (κ3) is 3.81. The topological polar surface area (TPSA) is 125 Å². The number of carbonyl (C=O) groups excluding carboxylic acids is 1. The smallest absolute Gasteiger partial charge is 0.262 e. The first-order valence-corrected chi connectivity index (χ1v) is 8.44. The Bertz CT molecular complexity index is 972. The van der Waals surface area contributed by atoms with Crippen molar-refractivity contribution in [2.45, 2.75) is 4.90 Å². The molecule has 2 aromatic rings. The second-order valence-corrected chi connectivity index (χ2v) is 6.80. The normalized spacial score (nSPS) is 14.2. The first kappa shape index (κ1) is 18.5. The molecule has 2 aromatic carbocycles. The highest BCUT2D eigenvalue weighted by Gasteiger charge is 2.25. The van der Waals surface area contributed by atoms with Crippen molar-refractivity contribution in [2.75, 3.05) is 0 Å². The molecule has 0 saturated heterocycles. The standard InChI is InChI=1S/C16H14N4O3S.ClH/c17-16(18)19-15(21)12-7-6-11-8-13(10-4-2-1-3-5-10)20-24(22,23)14(11)9-12;/h1-9,20H,(H4,17,18,19,21);1H. The Morgan fingerprint density at radius 1 is 1.12 bits per heavy atom. The highest BCUT2D eigenvalue weighted by molar-refractivity contribution is 7.90. The van der Waals surface area contributed by atoms with Crippen LogP contribution >= 0.6 is 12.4 Å². The van der Waals surface area contributed by atoms with Gasteiger partial charge in [-0.25, -0.2) is 8.42 Å². The molecule has 0 radical (unpaired) electrons. The van der Waals surface area contributed by atoms with Crippen LogP contribution in [0.25, 0.3) is 11.8 Å². The summed E-state index contributed by atoms with van der Waals surface area (Å²) in [5.41, 5.74) is 6.90. The summed E-state index contributed by atoms with van der Waals surface area (Å²) in [6.07, 6.45) is 1.71. The van der Waals surface area contributed by atoms with E-state index in [-0.39, 0.29) is 22.9 Å². The average Bonchev–Trinajstić information content (AvgIpc) is 2.54. The lowest BCUT2D eigenvalue weighted by atomic mass is 10.1. The summed E-state index contributed by atoms with van der Waals surface area (Å²) < 4.78 is 27.5. The van der Waals surface area contributed by atoms with Crippen molar-refractivity contribution >= 4 is 46.1 Å². The van der Waals surface area contributed by atoms with Gasteiger partial charge in [0.05, 0.1) is 10.6 Å². The van der Waals surface area contributed by atoms with Crippen LogP contribution in [0.2, 0.25) is 0 Å². The number of hydrogen-bond acceptors (Lipinski definition) is 4. The van der Waals surface area contributed by atoms with Crippen molar-refractivity contribution in [1.29, 1.82) is 5.41 Å². The predicted molar refractivity (Wildman–Crippen MR) is 97.7 cm³/mol. The van der Waals surface area contributed by atoms with Crippen LogP contribution < -0.4 is 15.8 Å². The fraction of sp³-hybridized carbons (Fsp3) is 0. The van der Waals surface area contributed by atoms with Gasteiger partial charge in [0.1, 0.15) is 0 Å². The van der Waals surface area contributed by atoms with Gasteiger partial charge in [0, 0.05) is 5.56 Å². The zero-order valence-corrected chi connectivity index (χ0v) is 14.4. The second kappa shape index (κ2) is 6.96. The summed E-state index contributed by atoms with van der Waals surface area (Å²) in [6, 6.07) is 13.4. The minimum absolute atomic E-state index is 0. The first-order chi connectivity index (χ1) is 11.4. The molecule has 0 aliphatic carbocycles. The lowest BCUT2D eigenvalue weighted by molar-refractivity contribution is 0.0976. The van der Waals surface area contributed by atoms with Gasteiger partial charge in [0.2, 0.25) is 0 Å². The Hall–Kier alpha value is -2.84. The number of rotatable bonds is 2. The van der Waals surface area contributed by atoms with E-state index in [1.165, 1.54) is 12.1 Å². The number of hydrogen-bond donors (Lipinski definition) is 4. The molecule has 9 heteroatoms. The maximum Gasteiger partial charge on any atom is 0.262 e. The Labute approximate surface area is 150 Å². The van der Waals surface area contributed by atoms with Crippen LogP contribution in [-0.2, 0) is 10.0 Å². The zero-order valence-electron chi connectivity index (χ0n) is 12.8. The molecule has 0 saturated carbocycles. The van der Waals surface area contributed by atoms with Crippen LogP contribution in [0.15, 0.2) is 53.4 Å². The summed E-state index contributed by atoms with van der Waals surface area (Å²) >= 11 is 0. The van der Waals surface area contributed by atoms with Gasteiger partial charge in [-0.05, 0) is 29.3 Å². The number of sulfonamides is 1. The molecule has 5 N–H and O–H groups in total. The highest BCUT2D eigenvalue weighted by atomic mass is 35.5. The maximum absolute atomic E-state index is 12.5. The fourth-order valence-electron chi connectivity index (χ4n) is 2.37. The number of nitrogens with one attached hydrogen (secondary N) is 3. The van der Waals surface area contributed by atoms with Crippen LogP contribution in [0.5, 0.6) is 0 Å². The van der Waals surface area contributed by atoms with E-state index in [1.807, 2.05) is 18.2 Å². The molecule has 0 spiro atoms. The molecule has 0 atom stereocenters. The van der Waals surface area contributed by atoms with Crippen LogP contribution in [-0.4, -0.2) is 20.3 Å². The molecule has 1 aliphatic rings. The van der Waals surface area contributed by atoms with E-state index >= 15 is 0 Å². The van der Waals surface area contributed by atoms with Gasteiger partial charge < -0.3 is 5.73 Å². The SMILES string of the molecule is Cl.N=C(N)NC(=O)c1ccc2c(c1)S(=O)(=O)NC(c1ccccc1)=C2. The number of halogens is 1. The van der Waals surface area contributed by atoms with Gasteiger partial charge in [-0.3, -0.25) is 20.2 Å². The van der Waals surface area contributed by atoms with Gasteiger partial charge in [-0.2, -0.15) is 0 Å². The molecule has 3 rings (SSSR count). The minimum Gasteiger partial charge on any atom is -0.370 e. The van der Waals surface area contributed by atoms with Gasteiger partial charge in [0.25, 0.3) is 15.9 Å². The van der Waals surface area contributed by atoms with E-state index in [0.717, 1.165) is 5.56 Å². The number of nitrogens with two attached hydrogens (primary N) is 1. The van der Waals surface area contributed by atoms with Gasteiger partial charge in [-0.1, -0.05) is 36.4 Å². The van der Waals surface area contributed by atoms with E-state index < -0.39 is 21.9 Å². The average molecular weight is 379 g/mol. The van der Waals surface area contributed by atoms with Crippen LogP contribution in [0.3, 0.4) is 0 Å². The lowest BCUT2D eigenvalue weighted by Gasteiger charge is -2.20. The molecular formula is C16H15ClN4O3S. The second-order valence-electron chi connectivity index (χ2n) is 5.15. The summed E-state index contributed by atoms with van der Waals surface area (Å²) in [7, 11) is -3.81. The van der Waals surface area contributed by atoms with Gasteiger partial charge in [0.15, 0.2) is 5.96 Å². The van der Waals surface area contributed by atoms with Crippen molar-refractivity contribution in [2.24, 2.45) is 5.73 Å². The molecule has 1 amide bonds.